The van der Waals surface area contributed by atoms with Gasteiger partial charge in [-0.2, -0.15) is 11.8 Å². The predicted molar refractivity (Wildman–Crippen MR) is 89.6 cm³/mol. The van der Waals surface area contributed by atoms with Crippen LogP contribution in [0.2, 0.25) is 10.0 Å². The average Bonchev–Trinajstić information content (AvgIpc) is 2.37. The van der Waals surface area contributed by atoms with E-state index < -0.39 is 10.0 Å². The van der Waals surface area contributed by atoms with Gasteiger partial charge in [0.1, 0.15) is 4.90 Å². The number of thioether (sulfide) groups is 1. The van der Waals surface area contributed by atoms with E-state index in [-0.39, 0.29) is 21.2 Å². The van der Waals surface area contributed by atoms with Crippen LogP contribution in [-0.2, 0) is 16.6 Å². The molecule has 21 heavy (non-hydrogen) atoms. The van der Waals surface area contributed by atoms with Gasteiger partial charge in [0, 0.05) is 22.9 Å². The Morgan fingerprint density at radius 2 is 2.00 bits per heavy atom. The van der Waals surface area contributed by atoms with Crippen LogP contribution >= 0.6 is 35.0 Å². The van der Waals surface area contributed by atoms with Crippen LogP contribution in [-0.4, -0.2) is 26.0 Å². The van der Waals surface area contributed by atoms with E-state index in [1.54, 1.807) is 11.8 Å². The fourth-order valence-electron chi connectivity index (χ4n) is 2.26. The van der Waals surface area contributed by atoms with Crippen molar-refractivity contribution in [3.05, 3.63) is 27.7 Å². The Morgan fingerprint density at radius 1 is 1.33 bits per heavy atom. The number of nitrogens with one attached hydrogen (secondary N) is 1. The second-order valence-electron chi connectivity index (χ2n) is 5.14. The van der Waals surface area contributed by atoms with Gasteiger partial charge in [0.2, 0.25) is 10.0 Å². The van der Waals surface area contributed by atoms with E-state index in [9.17, 15) is 8.42 Å². The molecule has 1 saturated carbocycles. The van der Waals surface area contributed by atoms with Crippen LogP contribution in [0.3, 0.4) is 0 Å². The Bertz CT molecular complexity index is 626. The molecule has 0 heterocycles. The summed E-state index contributed by atoms with van der Waals surface area (Å²) >= 11 is 13.7. The van der Waals surface area contributed by atoms with Gasteiger partial charge < -0.3 is 5.73 Å². The Balaban J connectivity index is 2.23. The quantitative estimate of drug-likeness (QED) is 0.809. The summed E-state index contributed by atoms with van der Waals surface area (Å²) in [6.07, 6.45) is 5.20. The molecule has 0 aromatic heterocycles. The van der Waals surface area contributed by atoms with Crippen molar-refractivity contribution in [1.82, 2.24) is 4.72 Å². The summed E-state index contributed by atoms with van der Waals surface area (Å²) in [5, 5.41) is 0.484. The highest BCUT2D eigenvalue weighted by atomic mass is 35.5. The highest BCUT2D eigenvalue weighted by molar-refractivity contribution is 8.00. The lowest BCUT2D eigenvalue weighted by atomic mass is 9.84. The van der Waals surface area contributed by atoms with Crippen LogP contribution in [0.5, 0.6) is 0 Å². The maximum absolute atomic E-state index is 12.4. The van der Waals surface area contributed by atoms with Crippen LogP contribution < -0.4 is 10.5 Å². The molecule has 0 radical (unpaired) electrons. The molecule has 1 fully saturated rings. The van der Waals surface area contributed by atoms with Crippen molar-refractivity contribution in [2.45, 2.75) is 35.4 Å². The largest absolute Gasteiger partial charge is 0.326 e. The minimum atomic E-state index is -3.67. The zero-order valence-electron chi connectivity index (χ0n) is 11.7. The van der Waals surface area contributed by atoms with Crippen molar-refractivity contribution >= 4 is 45.0 Å². The van der Waals surface area contributed by atoms with Gasteiger partial charge in [-0.25, -0.2) is 13.1 Å². The lowest BCUT2D eigenvalue weighted by molar-refractivity contribution is 0.362. The molecule has 0 spiro atoms. The summed E-state index contributed by atoms with van der Waals surface area (Å²) in [4.78, 5) is 0.0320. The molecule has 1 aromatic carbocycles. The van der Waals surface area contributed by atoms with Crippen molar-refractivity contribution in [2.24, 2.45) is 5.73 Å². The van der Waals surface area contributed by atoms with E-state index in [0.717, 1.165) is 19.3 Å². The second kappa shape index (κ2) is 6.64. The first-order chi connectivity index (χ1) is 9.83. The molecule has 0 atom stereocenters. The summed E-state index contributed by atoms with van der Waals surface area (Å²) in [5.74, 6) is 0. The number of halogens is 2. The lowest BCUT2D eigenvalue weighted by Gasteiger charge is -2.40. The van der Waals surface area contributed by atoms with Crippen LogP contribution in [0.4, 0.5) is 0 Å². The fraction of sp³-hybridized carbons (Fsp3) is 0.538. The topological polar surface area (TPSA) is 72.2 Å². The zero-order chi connectivity index (χ0) is 15.7. The minimum absolute atomic E-state index is 0.0165. The molecule has 0 unspecified atom stereocenters. The van der Waals surface area contributed by atoms with Gasteiger partial charge >= 0.3 is 0 Å². The molecular weight excluding hydrogens is 351 g/mol. The van der Waals surface area contributed by atoms with Gasteiger partial charge in [-0.1, -0.05) is 29.6 Å². The SMILES string of the molecule is CSC1(CNS(=O)(=O)c2cc(CN)c(Cl)cc2Cl)CCC1. The maximum Gasteiger partial charge on any atom is 0.242 e. The van der Waals surface area contributed by atoms with Crippen LogP contribution in [0, 0.1) is 0 Å². The third-order valence-corrected chi connectivity index (χ3v) is 7.53. The standard InChI is InChI=1S/C13H18Cl2N2O2S2/c1-20-13(3-2-4-13)8-17-21(18,19)12-5-9(7-16)10(14)6-11(12)15/h5-6,17H,2-4,7-8,16H2,1H3. The van der Waals surface area contributed by atoms with Crippen molar-refractivity contribution in [3.63, 3.8) is 0 Å². The fourth-order valence-corrected chi connectivity index (χ4v) is 5.27. The second-order valence-corrected chi connectivity index (χ2v) is 8.97. The maximum atomic E-state index is 12.4. The van der Waals surface area contributed by atoms with Gasteiger partial charge in [0.15, 0.2) is 0 Å². The normalized spacial score (nSPS) is 17.5. The average molecular weight is 369 g/mol. The molecule has 4 nitrogen and oxygen atoms in total. The third kappa shape index (κ3) is 3.68. The number of hydrogen-bond donors (Lipinski definition) is 2. The molecule has 0 aliphatic heterocycles. The molecule has 1 aliphatic carbocycles. The Morgan fingerprint density at radius 3 is 2.48 bits per heavy atom. The first-order valence-corrected chi connectivity index (χ1v) is 10.0. The number of benzene rings is 1. The molecule has 0 bridgehead atoms. The van der Waals surface area contributed by atoms with E-state index in [2.05, 4.69) is 4.72 Å². The molecule has 3 N–H and O–H groups in total. The number of hydrogen-bond acceptors (Lipinski definition) is 4. The highest BCUT2D eigenvalue weighted by Crippen LogP contribution is 2.42. The Labute approximate surface area is 139 Å². The van der Waals surface area contributed by atoms with Gasteiger partial charge in [0.05, 0.1) is 5.02 Å². The highest BCUT2D eigenvalue weighted by Gasteiger charge is 2.37. The summed E-state index contributed by atoms with van der Waals surface area (Å²) < 4.78 is 27.6. The summed E-state index contributed by atoms with van der Waals surface area (Å²) in [6.45, 7) is 0.570. The number of rotatable bonds is 6. The number of sulfonamides is 1. The van der Waals surface area contributed by atoms with Crippen LogP contribution in [0.15, 0.2) is 17.0 Å². The van der Waals surface area contributed by atoms with Crippen molar-refractivity contribution in [3.8, 4) is 0 Å². The molecule has 1 aliphatic rings. The van der Waals surface area contributed by atoms with E-state index in [0.29, 0.717) is 17.1 Å². The van der Waals surface area contributed by atoms with Gasteiger partial charge in [0.25, 0.3) is 0 Å². The Hall–Kier alpha value is 0.0200. The molecule has 0 saturated heterocycles. The first-order valence-electron chi connectivity index (χ1n) is 6.56. The molecular formula is C13H18Cl2N2O2S2. The molecule has 8 heteroatoms. The molecule has 1 aromatic rings. The predicted octanol–water partition coefficient (Wildman–Crippen LogP) is 3.02. The van der Waals surface area contributed by atoms with E-state index in [4.69, 9.17) is 28.9 Å². The summed E-state index contributed by atoms with van der Waals surface area (Å²) in [6, 6.07) is 2.87. The minimum Gasteiger partial charge on any atom is -0.326 e. The molecule has 118 valence electrons. The summed E-state index contributed by atoms with van der Waals surface area (Å²) in [7, 11) is -3.67. The van der Waals surface area contributed by atoms with Crippen molar-refractivity contribution in [1.29, 1.82) is 0 Å². The van der Waals surface area contributed by atoms with Crippen LogP contribution in [0.25, 0.3) is 0 Å². The summed E-state index contributed by atoms with van der Waals surface area (Å²) in [5.41, 5.74) is 6.12. The smallest absolute Gasteiger partial charge is 0.242 e. The van der Waals surface area contributed by atoms with Crippen LogP contribution in [0.1, 0.15) is 24.8 Å². The van der Waals surface area contributed by atoms with Gasteiger partial charge in [-0.05, 0) is 36.8 Å². The monoisotopic (exact) mass is 368 g/mol. The van der Waals surface area contributed by atoms with E-state index in [1.807, 2.05) is 6.26 Å². The third-order valence-electron chi connectivity index (χ3n) is 3.89. The van der Waals surface area contributed by atoms with Crippen molar-refractivity contribution in [2.75, 3.05) is 12.8 Å². The first kappa shape index (κ1) is 17.4. The van der Waals surface area contributed by atoms with E-state index in [1.165, 1.54) is 12.1 Å². The molecule has 0 amide bonds. The zero-order valence-corrected chi connectivity index (χ0v) is 14.8. The van der Waals surface area contributed by atoms with Crippen molar-refractivity contribution < 1.29 is 8.42 Å². The van der Waals surface area contributed by atoms with Gasteiger partial charge in [-0.15, -0.1) is 0 Å². The Kier molecular flexibility index (Phi) is 5.50. The number of nitrogens with two attached hydrogens (primary N) is 1. The lowest BCUT2D eigenvalue weighted by Crippen LogP contribution is -2.45. The molecule has 2 rings (SSSR count). The van der Waals surface area contributed by atoms with Gasteiger partial charge in [-0.3, -0.25) is 0 Å². The van der Waals surface area contributed by atoms with E-state index >= 15 is 0 Å².